The summed E-state index contributed by atoms with van der Waals surface area (Å²) in [5, 5.41) is 13.3. The van der Waals surface area contributed by atoms with E-state index in [0.29, 0.717) is 23.1 Å². The van der Waals surface area contributed by atoms with Crippen molar-refractivity contribution in [1.29, 1.82) is 0 Å². The van der Waals surface area contributed by atoms with Gasteiger partial charge in [0.1, 0.15) is 23.3 Å². The fraction of sp³-hybridized carbons (Fsp3) is 0.435. The van der Waals surface area contributed by atoms with Crippen LogP contribution in [0.25, 0.3) is 10.9 Å². The lowest BCUT2D eigenvalue weighted by Gasteiger charge is -2.32. The molecule has 9 heteroatoms. The van der Waals surface area contributed by atoms with Crippen molar-refractivity contribution >= 4 is 22.5 Å². The number of nitrogens with zero attached hydrogens (tertiary/aromatic N) is 4. The number of aromatic nitrogens is 3. The highest BCUT2D eigenvalue weighted by Crippen LogP contribution is 2.31. The monoisotopic (exact) mass is 445 g/mol. The van der Waals surface area contributed by atoms with E-state index in [1.54, 1.807) is 20.0 Å². The Labute approximate surface area is 184 Å². The third-order valence-electron chi connectivity index (χ3n) is 5.99. The van der Waals surface area contributed by atoms with Gasteiger partial charge in [-0.1, -0.05) is 18.2 Å². The Morgan fingerprint density at radius 3 is 2.59 bits per heavy atom. The van der Waals surface area contributed by atoms with E-state index >= 15 is 0 Å². The Morgan fingerprint density at radius 1 is 1.19 bits per heavy atom. The third-order valence-corrected chi connectivity index (χ3v) is 5.99. The van der Waals surface area contributed by atoms with Gasteiger partial charge in [-0.25, -0.2) is 28.1 Å². The molecule has 0 bridgehead atoms. The highest BCUT2D eigenvalue weighted by atomic mass is 19.3. The molecule has 3 heterocycles. The molecule has 3 aromatic rings. The van der Waals surface area contributed by atoms with Crippen LogP contribution in [0.4, 0.5) is 24.8 Å². The highest BCUT2D eigenvalue weighted by molar-refractivity contribution is 5.90. The van der Waals surface area contributed by atoms with Crippen LogP contribution in [-0.2, 0) is 0 Å². The average molecular weight is 445 g/mol. The van der Waals surface area contributed by atoms with E-state index in [0.717, 1.165) is 43.2 Å². The molecular formula is C23H26F3N5O. The van der Waals surface area contributed by atoms with Crippen molar-refractivity contribution in [1.82, 2.24) is 15.0 Å². The molecule has 4 rings (SSSR count). The molecule has 6 nitrogen and oxygen atoms in total. The number of hydrogen-bond donors (Lipinski definition) is 2. The van der Waals surface area contributed by atoms with Crippen molar-refractivity contribution in [3.63, 3.8) is 0 Å². The van der Waals surface area contributed by atoms with Crippen LogP contribution in [0.2, 0.25) is 0 Å². The van der Waals surface area contributed by atoms with Crippen LogP contribution < -0.4 is 10.2 Å². The summed E-state index contributed by atoms with van der Waals surface area (Å²) in [5.41, 5.74) is 0.174. The molecule has 1 atom stereocenters. The number of rotatable bonds is 6. The van der Waals surface area contributed by atoms with Crippen molar-refractivity contribution in [2.75, 3.05) is 29.9 Å². The van der Waals surface area contributed by atoms with Crippen molar-refractivity contribution in [2.45, 2.75) is 39.2 Å². The second-order valence-corrected chi connectivity index (χ2v) is 8.21. The van der Waals surface area contributed by atoms with Crippen LogP contribution >= 0.6 is 0 Å². The van der Waals surface area contributed by atoms with Crippen LogP contribution in [0.1, 0.15) is 49.2 Å². The van der Waals surface area contributed by atoms with E-state index in [4.69, 9.17) is 0 Å². The molecular weight excluding hydrogens is 419 g/mol. The van der Waals surface area contributed by atoms with Crippen molar-refractivity contribution < 1.29 is 18.3 Å². The number of fused-ring (bicyclic) bond motifs is 1. The van der Waals surface area contributed by atoms with Gasteiger partial charge in [0.05, 0.1) is 23.3 Å². The molecule has 1 unspecified atom stereocenters. The van der Waals surface area contributed by atoms with Gasteiger partial charge in [-0.15, -0.1) is 0 Å². The van der Waals surface area contributed by atoms with E-state index in [-0.39, 0.29) is 12.2 Å². The molecule has 0 saturated carbocycles. The predicted molar refractivity (Wildman–Crippen MR) is 117 cm³/mol. The Kier molecular flexibility index (Phi) is 6.45. The van der Waals surface area contributed by atoms with E-state index in [1.165, 1.54) is 12.1 Å². The number of aliphatic hydroxyl groups is 1. The molecule has 170 valence electrons. The first kappa shape index (κ1) is 22.3. The minimum Gasteiger partial charge on any atom is -0.396 e. The van der Waals surface area contributed by atoms with Gasteiger partial charge in [0.25, 0.3) is 6.43 Å². The molecule has 1 aliphatic rings. The number of nitrogens with one attached hydrogen (secondary N) is 1. The number of piperidine rings is 1. The zero-order valence-electron chi connectivity index (χ0n) is 18.0. The standard InChI is InChI=1S/C23H26F3N5O/c1-13(16-4-3-5-17(21(16)24)22(25)26)28-23-18-10-20(27-11-19(18)29-14(2)30-23)31-8-6-15(12-32)7-9-31/h3-5,10-11,13,15,22,32H,6-9,12H2,1-2H3,(H,28,29,30). The zero-order chi connectivity index (χ0) is 22.8. The molecule has 32 heavy (non-hydrogen) atoms. The topological polar surface area (TPSA) is 74.2 Å². The maximum Gasteiger partial charge on any atom is 0.266 e. The SMILES string of the molecule is Cc1nc(NC(C)c2cccc(C(F)F)c2F)c2cc(N3CCC(CO)CC3)ncc2n1. The van der Waals surface area contributed by atoms with Crippen LogP contribution in [0.15, 0.2) is 30.5 Å². The number of pyridine rings is 1. The Bertz CT molecular complexity index is 1100. The maximum atomic E-state index is 14.7. The fourth-order valence-corrected chi connectivity index (χ4v) is 4.12. The number of hydrogen-bond acceptors (Lipinski definition) is 6. The average Bonchev–Trinajstić information content (AvgIpc) is 2.78. The van der Waals surface area contributed by atoms with Gasteiger partial charge in [-0.2, -0.15) is 0 Å². The van der Waals surface area contributed by atoms with Gasteiger partial charge >= 0.3 is 0 Å². The lowest BCUT2D eigenvalue weighted by molar-refractivity contribution is 0.146. The van der Waals surface area contributed by atoms with Gasteiger partial charge in [0, 0.05) is 30.6 Å². The minimum absolute atomic E-state index is 0.146. The van der Waals surface area contributed by atoms with E-state index in [2.05, 4.69) is 25.2 Å². The first-order chi connectivity index (χ1) is 15.4. The number of halogens is 3. The lowest BCUT2D eigenvalue weighted by Crippen LogP contribution is -2.35. The first-order valence-corrected chi connectivity index (χ1v) is 10.7. The third kappa shape index (κ3) is 4.48. The number of aryl methyl sites for hydroxylation is 1. The molecule has 0 spiro atoms. The smallest absolute Gasteiger partial charge is 0.266 e. The van der Waals surface area contributed by atoms with Crippen LogP contribution in [-0.4, -0.2) is 39.8 Å². The van der Waals surface area contributed by atoms with E-state index in [9.17, 15) is 18.3 Å². The zero-order valence-corrected chi connectivity index (χ0v) is 18.0. The largest absolute Gasteiger partial charge is 0.396 e. The summed E-state index contributed by atoms with van der Waals surface area (Å²) < 4.78 is 40.9. The molecule has 0 radical (unpaired) electrons. The summed E-state index contributed by atoms with van der Waals surface area (Å²) in [4.78, 5) is 15.6. The summed E-state index contributed by atoms with van der Waals surface area (Å²) in [6.45, 7) is 5.24. The molecule has 0 amide bonds. The predicted octanol–water partition coefficient (Wildman–Crippen LogP) is 4.79. The molecule has 1 saturated heterocycles. The number of anilines is 2. The van der Waals surface area contributed by atoms with Crippen LogP contribution in [0, 0.1) is 18.7 Å². The van der Waals surface area contributed by atoms with E-state index < -0.39 is 23.8 Å². The van der Waals surface area contributed by atoms with Gasteiger partial charge in [-0.3, -0.25) is 0 Å². The Morgan fingerprint density at radius 2 is 1.91 bits per heavy atom. The Hall–Kier alpha value is -2.94. The summed E-state index contributed by atoms with van der Waals surface area (Å²) in [7, 11) is 0. The van der Waals surface area contributed by atoms with E-state index in [1.807, 2.05) is 6.07 Å². The number of aliphatic hydroxyl groups excluding tert-OH is 1. The minimum atomic E-state index is -2.88. The van der Waals surface area contributed by atoms with Crippen LogP contribution in [0.5, 0.6) is 0 Å². The van der Waals surface area contributed by atoms with Gasteiger partial charge in [0.15, 0.2) is 0 Å². The maximum absolute atomic E-state index is 14.7. The molecule has 2 aromatic heterocycles. The normalized spacial score (nSPS) is 16.0. The molecule has 1 aliphatic heterocycles. The summed E-state index contributed by atoms with van der Waals surface area (Å²) in [5.74, 6) is 1.20. The molecule has 1 aromatic carbocycles. The van der Waals surface area contributed by atoms with Gasteiger partial charge in [0.2, 0.25) is 0 Å². The summed E-state index contributed by atoms with van der Waals surface area (Å²) >= 11 is 0. The second-order valence-electron chi connectivity index (χ2n) is 8.21. The summed E-state index contributed by atoms with van der Waals surface area (Å²) in [6.07, 6.45) is 0.587. The molecule has 1 fully saturated rings. The second kappa shape index (κ2) is 9.28. The lowest BCUT2D eigenvalue weighted by atomic mass is 9.98. The van der Waals surface area contributed by atoms with Crippen molar-refractivity contribution in [3.8, 4) is 0 Å². The quantitative estimate of drug-likeness (QED) is 0.568. The molecule has 2 N–H and O–H groups in total. The van der Waals surface area contributed by atoms with Gasteiger partial charge < -0.3 is 15.3 Å². The summed E-state index contributed by atoms with van der Waals surface area (Å²) in [6, 6.07) is 5.32. The van der Waals surface area contributed by atoms with Crippen LogP contribution in [0.3, 0.4) is 0 Å². The highest BCUT2D eigenvalue weighted by Gasteiger charge is 2.22. The number of alkyl halides is 2. The Balaban J connectivity index is 1.65. The van der Waals surface area contributed by atoms with Gasteiger partial charge in [-0.05, 0) is 38.7 Å². The fourth-order valence-electron chi connectivity index (χ4n) is 4.12. The molecule has 0 aliphatic carbocycles. The number of benzene rings is 1. The van der Waals surface area contributed by atoms with Crippen molar-refractivity contribution in [2.24, 2.45) is 5.92 Å². The van der Waals surface area contributed by atoms with Crippen molar-refractivity contribution in [3.05, 3.63) is 53.2 Å². The first-order valence-electron chi connectivity index (χ1n) is 10.7.